The molecule has 23 heavy (non-hydrogen) atoms. The lowest BCUT2D eigenvalue weighted by Gasteiger charge is -2.11. The van der Waals surface area contributed by atoms with E-state index in [0.717, 1.165) is 5.56 Å². The Labute approximate surface area is 140 Å². The van der Waals surface area contributed by atoms with Crippen LogP contribution in [0.3, 0.4) is 0 Å². The van der Waals surface area contributed by atoms with Crippen molar-refractivity contribution in [2.24, 2.45) is 4.99 Å². The highest BCUT2D eigenvalue weighted by molar-refractivity contribution is 8.18. The van der Waals surface area contributed by atoms with Crippen molar-refractivity contribution in [1.29, 1.82) is 0 Å². The minimum absolute atomic E-state index is 0.00585. The fourth-order valence-electron chi connectivity index (χ4n) is 2.30. The molecule has 0 bridgehead atoms. The Balaban J connectivity index is 1.93. The average Bonchev–Trinajstić information content (AvgIpc) is 2.83. The summed E-state index contributed by atoms with van der Waals surface area (Å²) in [4.78, 5) is 23.6. The highest BCUT2D eigenvalue weighted by atomic mass is 32.2. The number of aliphatic imine (C=N–C) groups is 1. The van der Waals surface area contributed by atoms with E-state index in [2.05, 4.69) is 16.0 Å². The summed E-state index contributed by atoms with van der Waals surface area (Å²) in [7, 11) is 0. The Morgan fingerprint density at radius 1 is 1.26 bits per heavy atom. The Morgan fingerprint density at radius 3 is 2.83 bits per heavy atom. The van der Waals surface area contributed by atoms with Gasteiger partial charge < -0.3 is 0 Å². The number of amidine groups is 1. The molecule has 0 saturated carbocycles. The second-order valence-electron chi connectivity index (χ2n) is 5.16. The van der Waals surface area contributed by atoms with Gasteiger partial charge in [-0.1, -0.05) is 35.9 Å². The molecule has 1 aliphatic rings. The van der Waals surface area contributed by atoms with Crippen LogP contribution < -0.4 is 0 Å². The summed E-state index contributed by atoms with van der Waals surface area (Å²) in [5.74, 6) is 0.603. The molecule has 1 aromatic heterocycles. The number of aromatic nitrogens is 1. The van der Waals surface area contributed by atoms with Crippen LogP contribution in [0.15, 0.2) is 58.6 Å². The summed E-state index contributed by atoms with van der Waals surface area (Å²) in [6.07, 6.45) is 3.62. The molecule has 3 rings (SSSR count). The van der Waals surface area contributed by atoms with Gasteiger partial charge in [0.2, 0.25) is 0 Å². The fraction of sp³-hybridized carbons (Fsp3) is 0.167. The highest BCUT2D eigenvalue weighted by Crippen LogP contribution is 2.33. The third kappa shape index (κ3) is 3.51. The van der Waals surface area contributed by atoms with Crippen molar-refractivity contribution in [3.8, 4) is 0 Å². The number of benzene rings is 1. The molecule has 1 amide bonds. The lowest BCUT2D eigenvalue weighted by molar-refractivity contribution is -0.122. The molecule has 2 heterocycles. The SMILES string of the molecule is CCN1C(=O)/C(=C/c2cccc(C)c2)S/C1=N/c1ccccn1. The van der Waals surface area contributed by atoms with Gasteiger partial charge in [-0.2, -0.15) is 0 Å². The first kappa shape index (κ1) is 15.5. The Morgan fingerprint density at radius 2 is 2.13 bits per heavy atom. The minimum atomic E-state index is -0.00585. The topological polar surface area (TPSA) is 45.6 Å². The zero-order chi connectivity index (χ0) is 16.2. The average molecular weight is 323 g/mol. The molecule has 0 spiro atoms. The maximum Gasteiger partial charge on any atom is 0.266 e. The van der Waals surface area contributed by atoms with Crippen molar-refractivity contribution in [3.63, 3.8) is 0 Å². The molecule has 2 aromatic rings. The number of amides is 1. The summed E-state index contributed by atoms with van der Waals surface area (Å²) in [6.45, 7) is 4.57. The molecule has 0 radical (unpaired) electrons. The van der Waals surface area contributed by atoms with Crippen molar-refractivity contribution in [2.45, 2.75) is 13.8 Å². The standard InChI is InChI=1S/C18H17N3OS/c1-3-21-17(22)15(12-14-8-6-7-13(2)11-14)23-18(21)20-16-9-4-5-10-19-16/h4-12H,3H2,1-2H3/b15-12-,20-18+. The Kier molecular flexibility index (Phi) is 4.57. The van der Waals surface area contributed by atoms with Crippen molar-refractivity contribution >= 4 is 34.7 Å². The predicted octanol–water partition coefficient (Wildman–Crippen LogP) is 4.01. The van der Waals surface area contributed by atoms with E-state index in [1.165, 1.54) is 17.3 Å². The maximum atomic E-state index is 12.6. The van der Waals surface area contributed by atoms with Crippen LogP contribution in [-0.4, -0.2) is 27.5 Å². The normalized spacial score (nSPS) is 18.2. The monoisotopic (exact) mass is 323 g/mol. The number of rotatable bonds is 3. The van der Waals surface area contributed by atoms with E-state index >= 15 is 0 Å². The largest absolute Gasteiger partial charge is 0.287 e. The number of hydrogen-bond donors (Lipinski definition) is 0. The molecule has 0 unspecified atom stereocenters. The molecule has 1 fully saturated rings. The number of likely N-dealkylation sites (N-methyl/N-ethyl adjacent to an activating group) is 1. The van der Waals surface area contributed by atoms with Gasteiger partial charge in [0.1, 0.15) is 0 Å². The number of thioether (sulfide) groups is 1. The number of carbonyl (C=O) groups excluding carboxylic acids is 1. The van der Waals surface area contributed by atoms with E-state index in [1.807, 2.05) is 56.3 Å². The van der Waals surface area contributed by atoms with Gasteiger partial charge in [0.15, 0.2) is 11.0 Å². The van der Waals surface area contributed by atoms with E-state index in [-0.39, 0.29) is 5.91 Å². The molecule has 5 heteroatoms. The van der Waals surface area contributed by atoms with Crippen LogP contribution in [0.5, 0.6) is 0 Å². The maximum absolute atomic E-state index is 12.6. The van der Waals surface area contributed by atoms with E-state index in [4.69, 9.17) is 0 Å². The zero-order valence-electron chi connectivity index (χ0n) is 13.1. The summed E-state index contributed by atoms with van der Waals surface area (Å²) >= 11 is 1.39. The number of nitrogens with zero attached hydrogens (tertiary/aromatic N) is 3. The molecule has 0 atom stereocenters. The van der Waals surface area contributed by atoms with Crippen molar-refractivity contribution in [2.75, 3.05) is 6.54 Å². The van der Waals surface area contributed by atoms with Crippen LogP contribution in [0.2, 0.25) is 0 Å². The van der Waals surface area contributed by atoms with E-state index in [0.29, 0.717) is 22.4 Å². The van der Waals surface area contributed by atoms with Gasteiger partial charge in [0, 0.05) is 12.7 Å². The van der Waals surface area contributed by atoms with Gasteiger partial charge >= 0.3 is 0 Å². The molecular formula is C18H17N3OS. The zero-order valence-corrected chi connectivity index (χ0v) is 13.9. The van der Waals surface area contributed by atoms with Crippen LogP contribution in [0.4, 0.5) is 5.82 Å². The van der Waals surface area contributed by atoms with Gasteiger partial charge in [-0.25, -0.2) is 9.98 Å². The lowest BCUT2D eigenvalue weighted by atomic mass is 10.1. The third-order valence-electron chi connectivity index (χ3n) is 3.40. The Bertz CT molecular complexity index is 784. The molecule has 116 valence electrons. The van der Waals surface area contributed by atoms with Gasteiger partial charge in [0.05, 0.1) is 4.91 Å². The van der Waals surface area contributed by atoms with Crippen molar-refractivity contribution in [1.82, 2.24) is 9.88 Å². The van der Waals surface area contributed by atoms with Gasteiger partial charge in [-0.3, -0.25) is 9.69 Å². The molecule has 1 saturated heterocycles. The minimum Gasteiger partial charge on any atom is -0.287 e. The van der Waals surface area contributed by atoms with Crippen LogP contribution >= 0.6 is 11.8 Å². The van der Waals surface area contributed by atoms with Crippen molar-refractivity contribution in [3.05, 3.63) is 64.7 Å². The second kappa shape index (κ2) is 6.79. The van der Waals surface area contributed by atoms with Gasteiger partial charge in [-0.15, -0.1) is 0 Å². The lowest BCUT2D eigenvalue weighted by Crippen LogP contribution is -2.28. The molecule has 1 aliphatic heterocycles. The molecule has 0 aliphatic carbocycles. The summed E-state index contributed by atoms with van der Waals surface area (Å²) in [5, 5.41) is 0.676. The van der Waals surface area contributed by atoms with E-state index < -0.39 is 0 Å². The van der Waals surface area contributed by atoms with Crippen LogP contribution in [0, 0.1) is 6.92 Å². The summed E-state index contributed by atoms with van der Waals surface area (Å²) in [6, 6.07) is 13.6. The summed E-state index contributed by atoms with van der Waals surface area (Å²) < 4.78 is 0. The van der Waals surface area contributed by atoms with E-state index in [1.54, 1.807) is 11.1 Å². The van der Waals surface area contributed by atoms with Crippen LogP contribution in [-0.2, 0) is 4.79 Å². The van der Waals surface area contributed by atoms with Crippen molar-refractivity contribution < 1.29 is 4.79 Å². The first-order valence-electron chi connectivity index (χ1n) is 7.45. The molecule has 4 nitrogen and oxygen atoms in total. The fourth-order valence-corrected chi connectivity index (χ4v) is 3.35. The van der Waals surface area contributed by atoms with Crippen LogP contribution in [0.1, 0.15) is 18.1 Å². The number of pyridine rings is 1. The molecule has 1 aromatic carbocycles. The molecular weight excluding hydrogens is 306 g/mol. The van der Waals surface area contributed by atoms with Gasteiger partial charge in [-0.05, 0) is 49.4 Å². The van der Waals surface area contributed by atoms with Crippen LogP contribution in [0.25, 0.3) is 6.08 Å². The first-order valence-corrected chi connectivity index (χ1v) is 8.27. The second-order valence-corrected chi connectivity index (χ2v) is 6.17. The first-order chi connectivity index (χ1) is 11.2. The number of aryl methyl sites for hydroxylation is 1. The quantitative estimate of drug-likeness (QED) is 0.802. The molecule has 0 N–H and O–H groups in total. The smallest absolute Gasteiger partial charge is 0.266 e. The van der Waals surface area contributed by atoms with E-state index in [9.17, 15) is 4.79 Å². The Hall–Kier alpha value is -2.40. The summed E-state index contributed by atoms with van der Waals surface area (Å²) in [5.41, 5.74) is 2.19. The third-order valence-corrected chi connectivity index (χ3v) is 4.41. The highest BCUT2D eigenvalue weighted by Gasteiger charge is 2.32. The number of hydrogen-bond acceptors (Lipinski definition) is 4. The predicted molar refractivity (Wildman–Crippen MR) is 95.5 cm³/mol. The number of carbonyl (C=O) groups is 1. The van der Waals surface area contributed by atoms with Gasteiger partial charge in [0.25, 0.3) is 5.91 Å².